The van der Waals surface area contributed by atoms with E-state index in [9.17, 15) is 0 Å². The minimum Gasteiger partial charge on any atom is -0.456 e. The molecular weight excluding hydrogens is 683 g/mol. The summed E-state index contributed by atoms with van der Waals surface area (Å²) in [6.45, 7) is 0. The largest absolute Gasteiger partial charge is 0.456 e. The first kappa shape index (κ1) is 29.8. The number of nitrogens with zero attached hydrogens (tertiary/aromatic N) is 3. The van der Waals surface area contributed by atoms with Crippen LogP contribution in [0.15, 0.2) is 180 Å². The Balaban J connectivity index is 1.25. The lowest BCUT2D eigenvalue weighted by atomic mass is 9.91. The summed E-state index contributed by atoms with van der Waals surface area (Å²) in [4.78, 5) is 11.2. The van der Waals surface area contributed by atoms with Crippen molar-refractivity contribution < 1.29 is 4.42 Å². The predicted molar refractivity (Wildman–Crippen MR) is 234 cm³/mol. The zero-order chi connectivity index (χ0) is 36.5. The van der Waals surface area contributed by atoms with Crippen LogP contribution in [0.2, 0.25) is 0 Å². The van der Waals surface area contributed by atoms with Gasteiger partial charge in [0.2, 0.25) is 5.95 Å². The zero-order valence-corrected chi connectivity index (χ0v) is 30.0. The number of aromatic nitrogens is 3. The van der Waals surface area contributed by atoms with Crippen molar-refractivity contribution in [3.8, 4) is 17.2 Å². The van der Waals surface area contributed by atoms with Gasteiger partial charge in [-0.05, 0) is 73.4 Å². The minimum atomic E-state index is 0.633. The van der Waals surface area contributed by atoms with Gasteiger partial charge in [0, 0.05) is 43.3 Å². The first-order chi connectivity index (χ1) is 27.8. The first-order valence-corrected chi connectivity index (χ1v) is 19.1. The number of benzene rings is 10. The van der Waals surface area contributed by atoms with E-state index in [1.54, 1.807) is 0 Å². The molecule has 13 aromatic rings. The van der Waals surface area contributed by atoms with E-state index in [1.165, 1.54) is 53.9 Å². The number of rotatable bonds is 2. The summed E-state index contributed by atoms with van der Waals surface area (Å²) in [6, 6.07) is 63.0. The molecule has 4 heteroatoms. The summed E-state index contributed by atoms with van der Waals surface area (Å²) in [5.74, 6) is 0.633. The molecule has 0 unspecified atom stereocenters. The SMILES string of the molecule is c1ccc2c(c1)ccc1c(-c3cccc4oc5ccccc5c34)nc(-n3c4ccc5ccccc5c4c4c5c6ccccc6c6ccccc6c5ccc43)nc12. The second-order valence-electron chi connectivity index (χ2n) is 14.8. The highest BCUT2D eigenvalue weighted by Crippen LogP contribution is 2.46. The van der Waals surface area contributed by atoms with Crippen molar-refractivity contribution in [2.45, 2.75) is 0 Å². The highest BCUT2D eigenvalue weighted by atomic mass is 16.3. The molecule has 0 aliphatic heterocycles. The van der Waals surface area contributed by atoms with Crippen LogP contribution >= 0.6 is 0 Å². The molecule has 4 nitrogen and oxygen atoms in total. The summed E-state index contributed by atoms with van der Waals surface area (Å²) in [5.41, 5.74) is 6.65. The van der Waals surface area contributed by atoms with Gasteiger partial charge in [0.15, 0.2) is 0 Å². The molecule has 258 valence electrons. The van der Waals surface area contributed by atoms with Gasteiger partial charge in [0.1, 0.15) is 11.2 Å². The number of fused-ring (bicyclic) bond motifs is 18. The molecule has 0 spiro atoms. The number of hydrogen-bond acceptors (Lipinski definition) is 3. The van der Waals surface area contributed by atoms with Crippen LogP contribution in [0.4, 0.5) is 0 Å². The Hall–Kier alpha value is -7.56. The van der Waals surface area contributed by atoms with Gasteiger partial charge in [-0.15, -0.1) is 0 Å². The highest BCUT2D eigenvalue weighted by molar-refractivity contribution is 6.37. The fourth-order valence-corrected chi connectivity index (χ4v) is 9.61. The van der Waals surface area contributed by atoms with Crippen molar-refractivity contribution in [3.05, 3.63) is 176 Å². The Morgan fingerprint density at radius 2 is 0.893 bits per heavy atom. The molecule has 0 atom stereocenters. The molecule has 0 N–H and O–H groups in total. The third kappa shape index (κ3) is 3.92. The molecule has 0 amide bonds. The summed E-state index contributed by atoms with van der Waals surface area (Å²) in [5, 5.41) is 17.7. The molecule has 0 aliphatic rings. The standard InChI is InChI=1S/C52H29N3O/c1-3-14-32-30(12-1)25-28-42-48(32)49-43(29-27-38-36-18-6-5-16-34(36)35-17-7-8-19-37(35)47(38)49)55(42)52-53-50-33-15-4-2-13-31(33)24-26-41(50)51(54-52)40-21-11-23-45-46(40)39-20-9-10-22-44(39)56-45/h1-29H. The fourth-order valence-electron chi connectivity index (χ4n) is 9.61. The van der Waals surface area contributed by atoms with Crippen molar-refractivity contribution >= 4 is 109 Å². The maximum absolute atomic E-state index is 6.41. The third-order valence-corrected chi connectivity index (χ3v) is 12.0. The van der Waals surface area contributed by atoms with Crippen molar-refractivity contribution in [1.82, 2.24) is 14.5 Å². The Labute approximate surface area is 319 Å². The predicted octanol–water partition coefficient (Wildman–Crippen LogP) is 14.1. The van der Waals surface area contributed by atoms with Crippen LogP contribution in [0.1, 0.15) is 0 Å². The maximum atomic E-state index is 6.41. The Bertz CT molecular complexity index is 3800. The molecule has 0 fully saturated rings. The number of para-hydroxylation sites is 1. The van der Waals surface area contributed by atoms with E-state index in [4.69, 9.17) is 14.4 Å². The molecule has 3 heterocycles. The van der Waals surface area contributed by atoms with E-state index in [-0.39, 0.29) is 0 Å². The van der Waals surface area contributed by atoms with E-state index in [0.717, 1.165) is 65.9 Å². The summed E-state index contributed by atoms with van der Waals surface area (Å²) < 4.78 is 8.72. The lowest BCUT2D eigenvalue weighted by molar-refractivity contribution is 0.669. The molecular formula is C52H29N3O. The number of hydrogen-bond donors (Lipinski definition) is 0. The van der Waals surface area contributed by atoms with Crippen LogP contribution in [0, 0.1) is 0 Å². The van der Waals surface area contributed by atoms with Crippen LogP contribution in [0.5, 0.6) is 0 Å². The Morgan fingerprint density at radius 3 is 1.70 bits per heavy atom. The van der Waals surface area contributed by atoms with Crippen molar-refractivity contribution in [2.75, 3.05) is 0 Å². The van der Waals surface area contributed by atoms with Crippen LogP contribution < -0.4 is 0 Å². The van der Waals surface area contributed by atoms with Gasteiger partial charge in [-0.1, -0.05) is 146 Å². The van der Waals surface area contributed by atoms with Gasteiger partial charge < -0.3 is 4.42 Å². The topological polar surface area (TPSA) is 43.9 Å². The summed E-state index contributed by atoms with van der Waals surface area (Å²) in [7, 11) is 0. The molecule has 3 aromatic heterocycles. The van der Waals surface area contributed by atoms with Crippen LogP contribution in [-0.2, 0) is 0 Å². The van der Waals surface area contributed by atoms with E-state index < -0.39 is 0 Å². The Morgan fingerprint density at radius 1 is 0.339 bits per heavy atom. The Kier molecular flexibility index (Phi) is 5.86. The zero-order valence-electron chi connectivity index (χ0n) is 30.0. The summed E-state index contributed by atoms with van der Waals surface area (Å²) in [6.07, 6.45) is 0. The van der Waals surface area contributed by atoms with Crippen molar-refractivity contribution in [3.63, 3.8) is 0 Å². The molecule has 0 saturated heterocycles. The van der Waals surface area contributed by atoms with Crippen LogP contribution in [-0.4, -0.2) is 14.5 Å². The van der Waals surface area contributed by atoms with Crippen molar-refractivity contribution in [2.24, 2.45) is 0 Å². The van der Waals surface area contributed by atoms with Gasteiger partial charge in [-0.2, -0.15) is 0 Å². The second-order valence-corrected chi connectivity index (χ2v) is 14.8. The van der Waals surface area contributed by atoms with Gasteiger partial charge in [0.05, 0.1) is 22.2 Å². The molecule has 0 bridgehead atoms. The number of furan rings is 1. The van der Waals surface area contributed by atoms with E-state index in [0.29, 0.717) is 5.95 Å². The fraction of sp³-hybridized carbons (Fsp3) is 0. The molecule has 0 aliphatic carbocycles. The van der Waals surface area contributed by atoms with Gasteiger partial charge >= 0.3 is 0 Å². The lowest BCUT2D eigenvalue weighted by Gasteiger charge is -2.14. The van der Waals surface area contributed by atoms with Crippen molar-refractivity contribution in [1.29, 1.82) is 0 Å². The molecule has 13 rings (SSSR count). The summed E-state index contributed by atoms with van der Waals surface area (Å²) >= 11 is 0. The van der Waals surface area contributed by atoms with Crippen LogP contribution in [0.25, 0.3) is 126 Å². The average molecular weight is 712 g/mol. The third-order valence-electron chi connectivity index (χ3n) is 12.0. The smallest absolute Gasteiger partial charge is 0.235 e. The van der Waals surface area contributed by atoms with E-state index >= 15 is 0 Å². The molecule has 0 saturated carbocycles. The molecule has 56 heavy (non-hydrogen) atoms. The quantitative estimate of drug-likeness (QED) is 0.168. The van der Waals surface area contributed by atoms with E-state index in [2.05, 4.69) is 168 Å². The molecule has 0 radical (unpaired) electrons. The van der Waals surface area contributed by atoms with Gasteiger partial charge in [-0.3, -0.25) is 4.57 Å². The van der Waals surface area contributed by atoms with E-state index in [1.807, 2.05) is 12.1 Å². The van der Waals surface area contributed by atoms with Crippen LogP contribution in [0.3, 0.4) is 0 Å². The average Bonchev–Trinajstić information content (AvgIpc) is 3.82. The minimum absolute atomic E-state index is 0.633. The monoisotopic (exact) mass is 711 g/mol. The highest BCUT2D eigenvalue weighted by Gasteiger charge is 2.24. The lowest BCUT2D eigenvalue weighted by Crippen LogP contribution is -2.04. The normalized spacial score (nSPS) is 12.3. The maximum Gasteiger partial charge on any atom is 0.235 e. The van der Waals surface area contributed by atoms with Gasteiger partial charge in [-0.25, -0.2) is 9.97 Å². The van der Waals surface area contributed by atoms with Gasteiger partial charge in [0.25, 0.3) is 0 Å². The first-order valence-electron chi connectivity index (χ1n) is 19.1. The molecule has 10 aromatic carbocycles. The second kappa shape index (κ2) is 11.0.